The van der Waals surface area contributed by atoms with Gasteiger partial charge in [0.05, 0.1) is 0 Å². The summed E-state index contributed by atoms with van der Waals surface area (Å²) in [5.41, 5.74) is 3.01. The molecule has 0 atom stereocenters. The molecule has 35 heavy (non-hydrogen) atoms. The minimum absolute atomic E-state index is 0.104. The smallest absolute Gasteiger partial charge is 0.253 e. The van der Waals surface area contributed by atoms with Crippen molar-refractivity contribution in [2.24, 2.45) is 23.2 Å². The van der Waals surface area contributed by atoms with Crippen molar-refractivity contribution in [3.8, 4) is 0 Å². The molecule has 4 aliphatic carbocycles. The molecular formula is C30H37N3O2. The summed E-state index contributed by atoms with van der Waals surface area (Å²) >= 11 is 0. The minimum Gasteiger partial charge on any atom is -0.352 e. The number of carbonyl (C=O) groups is 2. The van der Waals surface area contributed by atoms with E-state index in [0.717, 1.165) is 80.9 Å². The summed E-state index contributed by atoms with van der Waals surface area (Å²) in [4.78, 5) is 30.6. The molecule has 0 unspecified atom stereocenters. The van der Waals surface area contributed by atoms with Crippen LogP contribution >= 0.6 is 0 Å². The van der Waals surface area contributed by atoms with Gasteiger partial charge in [-0.15, -0.1) is 0 Å². The lowest BCUT2D eigenvalue weighted by Crippen LogP contribution is -2.53. The van der Waals surface area contributed by atoms with E-state index in [2.05, 4.69) is 34.5 Å². The van der Waals surface area contributed by atoms with E-state index in [0.29, 0.717) is 6.54 Å². The van der Waals surface area contributed by atoms with Crippen LogP contribution < -0.4 is 5.32 Å². The maximum absolute atomic E-state index is 13.2. The fraction of sp³-hybridized carbons (Fsp3) is 0.533. The first-order chi connectivity index (χ1) is 17.1. The second-order valence-electron chi connectivity index (χ2n) is 11.6. The second-order valence-corrected chi connectivity index (χ2v) is 11.6. The Bertz CT molecular complexity index is 1020. The Kier molecular flexibility index (Phi) is 6.13. The highest BCUT2D eigenvalue weighted by Crippen LogP contribution is 2.60. The number of carbonyl (C=O) groups excluding carboxylic acids is 2. The first-order valence-electron chi connectivity index (χ1n) is 13.5. The third kappa shape index (κ3) is 4.75. The number of hydrogen-bond acceptors (Lipinski definition) is 3. The summed E-state index contributed by atoms with van der Waals surface area (Å²) in [7, 11) is 0. The highest BCUT2D eigenvalue weighted by Gasteiger charge is 2.54. The third-order valence-electron chi connectivity index (χ3n) is 9.08. The van der Waals surface area contributed by atoms with E-state index in [4.69, 9.17) is 0 Å². The van der Waals surface area contributed by atoms with Crippen molar-refractivity contribution in [2.45, 2.75) is 51.6 Å². The number of amides is 2. The van der Waals surface area contributed by atoms with Crippen LogP contribution in [0, 0.1) is 23.2 Å². The van der Waals surface area contributed by atoms with Crippen molar-refractivity contribution < 1.29 is 9.59 Å². The van der Waals surface area contributed by atoms with Crippen LogP contribution in [0.3, 0.4) is 0 Å². The standard InChI is InChI=1S/C30H37N3O2/c34-28(33-12-10-32(11-13-33)21-23-4-2-1-3-5-23)27-8-6-22(7-9-27)20-31-29(35)30-17-24-14-25(18-30)16-26(15-24)19-30/h1-9,24-26H,10-21H2,(H,31,35). The van der Waals surface area contributed by atoms with Crippen LogP contribution in [-0.4, -0.2) is 47.8 Å². The highest BCUT2D eigenvalue weighted by atomic mass is 16.2. The van der Waals surface area contributed by atoms with Crippen LogP contribution in [0.2, 0.25) is 0 Å². The molecule has 2 aromatic carbocycles. The maximum Gasteiger partial charge on any atom is 0.253 e. The minimum atomic E-state index is -0.104. The predicted octanol–water partition coefficient (Wildman–Crippen LogP) is 4.48. The van der Waals surface area contributed by atoms with Gasteiger partial charge in [-0.1, -0.05) is 42.5 Å². The van der Waals surface area contributed by atoms with E-state index in [9.17, 15) is 9.59 Å². The SMILES string of the molecule is O=C(c1ccc(CNC(=O)C23CC4CC(CC(C4)C2)C3)cc1)N1CCN(Cc2ccccc2)CC1. The lowest BCUT2D eigenvalue weighted by molar-refractivity contribution is -0.146. The van der Waals surface area contributed by atoms with E-state index in [-0.39, 0.29) is 17.2 Å². The Morgan fingerprint density at radius 2 is 1.37 bits per heavy atom. The number of benzene rings is 2. The molecule has 1 N–H and O–H groups in total. The molecule has 1 aliphatic heterocycles. The normalized spacial score (nSPS) is 29.8. The van der Waals surface area contributed by atoms with Gasteiger partial charge in [-0.2, -0.15) is 0 Å². The fourth-order valence-corrected chi connectivity index (χ4v) is 7.66. The van der Waals surface area contributed by atoms with Gasteiger partial charge in [-0.25, -0.2) is 0 Å². The molecule has 5 heteroatoms. The molecule has 5 nitrogen and oxygen atoms in total. The Morgan fingerprint density at radius 1 is 0.771 bits per heavy atom. The molecule has 2 aromatic rings. The van der Waals surface area contributed by atoms with Gasteiger partial charge in [-0.05, 0) is 79.5 Å². The zero-order valence-electron chi connectivity index (χ0n) is 20.6. The summed E-state index contributed by atoms with van der Waals surface area (Å²) < 4.78 is 0. The quantitative estimate of drug-likeness (QED) is 0.676. The van der Waals surface area contributed by atoms with Crippen molar-refractivity contribution in [2.75, 3.05) is 26.2 Å². The Hall–Kier alpha value is -2.66. The molecule has 1 saturated heterocycles. The van der Waals surface area contributed by atoms with Crippen molar-refractivity contribution >= 4 is 11.8 Å². The molecule has 0 aromatic heterocycles. The van der Waals surface area contributed by atoms with E-state index in [1.807, 2.05) is 35.2 Å². The fourth-order valence-electron chi connectivity index (χ4n) is 7.66. The number of rotatable bonds is 6. The first kappa shape index (κ1) is 22.8. The van der Waals surface area contributed by atoms with Crippen LogP contribution in [0.15, 0.2) is 54.6 Å². The number of nitrogens with one attached hydrogen (secondary N) is 1. The monoisotopic (exact) mass is 471 g/mol. The van der Waals surface area contributed by atoms with Gasteiger partial charge in [0, 0.05) is 50.2 Å². The molecule has 1 heterocycles. The molecule has 0 spiro atoms. The molecule has 5 aliphatic rings. The molecule has 4 saturated carbocycles. The van der Waals surface area contributed by atoms with Crippen molar-refractivity contribution in [3.05, 3.63) is 71.3 Å². The average molecular weight is 472 g/mol. The third-order valence-corrected chi connectivity index (χ3v) is 9.08. The zero-order valence-corrected chi connectivity index (χ0v) is 20.6. The molecular weight excluding hydrogens is 434 g/mol. The van der Waals surface area contributed by atoms with Crippen LogP contribution in [0.4, 0.5) is 0 Å². The van der Waals surface area contributed by atoms with Gasteiger partial charge in [0.1, 0.15) is 0 Å². The van der Waals surface area contributed by atoms with E-state index >= 15 is 0 Å². The second kappa shape index (κ2) is 9.42. The molecule has 4 bridgehead atoms. The number of hydrogen-bond donors (Lipinski definition) is 1. The molecule has 184 valence electrons. The predicted molar refractivity (Wildman–Crippen MR) is 137 cm³/mol. The summed E-state index contributed by atoms with van der Waals surface area (Å²) in [6, 6.07) is 18.4. The number of nitrogens with zero attached hydrogens (tertiary/aromatic N) is 2. The van der Waals surface area contributed by atoms with E-state index < -0.39 is 0 Å². The lowest BCUT2D eigenvalue weighted by Gasteiger charge is -2.55. The lowest BCUT2D eigenvalue weighted by atomic mass is 9.49. The van der Waals surface area contributed by atoms with Crippen molar-refractivity contribution in [1.82, 2.24) is 15.1 Å². The molecule has 0 radical (unpaired) electrons. The van der Waals surface area contributed by atoms with Crippen molar-refractivity contribution in [3.63, 3.8) is 0 Å². The van der Waals surface area contributed by atoms with Crippen LogP contribution in [0.5, 0.6) is 0 Å². The zero-order chi connectivity index (χ0) is 23.8. The van der Waals surface area contributed by atoms with Gasteiger partial charge in [-0.3, -0.25) is 14.5 Å². The van der Waals surface area contributed by atoms with Crippen LogP contribution in [0.25, 0.3) is 0 Å². The summed E-state index contributed by atoms with van der Waals surface area (Å²) in [6.07, 6.45) is 7.34. The Morgan fingerprint density at radius 3 is 1.97 bits per heavy atom. The maximum atomic E-state index is 13.2. The van der Waals surface area contributed by atoms with Gasteiger partial charge in [0.25, 0.3) is 5.91 Å². The summed E-state index contributed by atoms with van der Waals surface area (Å²) in [6.45, 7) is 4.80. The summed E-state index contributed by atoms with van der Waals surface area (Å²) in [5.74, 6) is 2.70. The molecule has 2 amide bonds. The van der Waals surface area contributed by atoms with Crippen molar-refractivity contribution in [1.29, 1.82) is 0 Å². The molecule has 7 rings (SSSR count). The Balaban J connectivity index is 0.996. The first-order valence-corrected chi connectivity index (χ1v) is 13.5. The topological polar surface area (TPSA) is 52.7 Å². The average Bonchev–Trinajstić information content (AvgIpc) is 2.87. The van der Waals surface area contributed by atoms with E-state index in [1.165, 1.54) is 24.8 Å². The molecule has 5 fully saturated rings. The van der Waals surface area contributed by atoms with Crippen LogP contribution in [0.1, 0.15) is 60.0 Å². The van der Waals surface area contributed by atoms with Gasteiger partial charge in [0.2, 0.25) is 5.91 Å². The number of piperazine rings is 1. The largest absolute Gasteiger partial charge is 0.352 e. The van der Waals surface area contributed by atoms with Gasteiger partial charge in [0.15, 0.2) is 0 Å². The van der Waals surface area contributed by atoms with E-state index in [1.54, 1.807) is 0 Å². The van der Waals surface area contributed by atoms with Crippen LogP contribution in [-0.2, 0) is 17.9 Å². The Labute approximate surface area is 208 Å². The van der Waals surface area contributed by atoms with Gasteiger partial charge < -0.3 is 10.2 Å². The summed E-state index contributed by atoms with van der Waals surface area (Å²) in [5, 5.41) is 3.25. The van der Waals surface area contributed by atoms with Gasteiger partial charge >= 0.3 is 0 Å². The highest BCUT2D eigenvalue weighted by molar-refractivity contribution is 5.94.